The van der Waals surface area contributed by atoms with Crippen LogP contribution in [0.15, 0.2) is 61.1 Å². The Labute approximate surface area is 165 Å². The van der Waals surface area contributed by atoms with E-state index in [9.17, 15) is 4.79 Å². The van der Waals surface area contributed by atoms with Gasteiger partial charge in [-0.05, 0) is 35.1 Å². The van der Waals surface area contributed by atoms with E-state index < -0.39 is 0 Å². The topological polar surface area (TPSA) is 49.3 Å². The molecule has 2 atom stereocenters. The van der Waals surface area contributed by atoms with Gasteiger partial charge < -0.3 is 4.90 Å². The van der Waals surface area contributed by atoms with Crippen molar-refractivity contribution in [3.8, 4) is 0 Å². The monoisotopic (exact) mass is 372 g/mol. The van der Waals surface area contributed by atoms with Crippen molar-refractivity contribution in [2.75, 3.05) is 19.6 Å². The van der Waals surface area contributed by atoms with Gasteiger partial charge in [-0.3, -0.25) is 14.7 Å². The lowest BCUT2D eigenvalue weighted by atomic mass is 9.94. The molecule has 0 radical (unpaired) electrons. The summed E-state index contributed by atoms with van der Waals surface area (Å²) in [6, 6.07) is 15.6. The van der Waals surface area contributed by atoms with Crippen LogP contribution >= 0.6 is 0 Å². The summed E-state index contributed by atoms with van der Waals surface area (Å²) in [6.07, 6.45) is 7.12. The first kappa shape index (κ1) is 17.3. The number of carbonyl (C=O) groups excluding carboxylic acids is 1. The molecule has 1 amide bonds. The Bertz CT molecular complexity index is 985. The molecular formula is C23H24N4O. The summed E-state index contributed by atoms with van der Waals surface area (Å²) in [5, 5.41) is 2.62. The van der Waals surface area contributed by atoms with Crippen molar-refractivity contribution in [2.24, 2.45) is 5.92 Å². The van der Waals surface area contributed by atoms with E-state index in [2.05, 4.69) is 57.3 Å². The average Bonchev–Trinajstić information content (AvgIpc) is 3.06. The summed E-state index contributed by atoms with van der Waals surface area (Å²) in [7, 11) is 0. The van der Waals surface area contributed by atoms with Gasteiger partial charge in [0.15, 0.2) is 0 Å². The van der Waals surface area contributed by atoms with E-state index in [1.165, 1.54) is 22.8 Å². The van der Waals surface area contributed by atoms with E-state index >= 15 is 0 Å². The zero-order valence-corrected chi connectivity index (χ0v) is 15.9. The molecule has 142 valence electrons. The van der Waals surface area contributed by atoms with Crippen LogP contribution < -0.4 is 0 Å². The third kappa shape index (κ3) is 3.27. The number of hydrogen-bond acceptors (Lipinski definition) is 4. The molecule has 3 aliphatic rings. The maximum atomic E-state index is 12.9. The second kappa shape index (κ2) is 7.32. The molecule has 5 nitrogen and oxygen atoms in total. The molecule has 3 saturated heterocycles. The number of piperidine rings is 1. The van der Waals surface area contributed by atoms with Gasteiger partial charge in [-0.25, -0.2) is 4.98 Å². The Morgan fingerprint density at radius 2 is 1.89 bits per heavy atom. The van der Waals surface area contributed by atoms with Crippen molar-refractivity contribution >= 4 is 16.7 Å². The van der Waals surface area contributed by atoms with E-state index in [-0.39, 0.29) is 5.91 Å². The Hall–Kier alpha value is -2.79. The highest BCUT2D eigenvalue weighted by Crippen LogP contribution is 2.31. The molecule has 2 aromatic carbocycles. The highest BCUT2D eigenvalue weighted by Gasteiger charge is 2.37. The van der Waals surface area contributed by atoms with Gasteiger partial charge in [0.2, 0.25) is 0 Å². The molecule has 0 aliphatic carbocycles. The Balaban J connectivity index is 1.38. The van der Waals surface area contributed by atoms with E-state index in [0.717, 1.165) is 32.6 Å². The lowest BCUT2D eigenvalue weighted by Gasteiger charge is -2.36. The standard InChI is InChI=1S/C23H24N4O/c28-23(22-12-24-10-11-25-22)27-14-17-8-9-20(16-27)26(13-17)15-19-6-3-5-18-4-1-2-7-21(18)19/h1-7,10-12,17,20H,8-9,13-16H2/t17-,20-/m1/s1. The van der Waals surface area contributed by atoms with Gasteiger partial charge in [0.1, 0.15) is 5.69 Å². The van der Waals surface area contributed by atoms with Crippen molar-refractivity contribution in [2.45, 2.75) is 25.4 Å². The Morgan fingerprint density at radius 1 is 1.00 bits per heavy atom. The molecule has 1 aromatic heterocycles. The van der Waals surface area contributed by atoms with Crippen LogP contribution in [0.1, 0.15) is 28.9 Å². The van der Waals surface area contributed by atoms with Gasteiger partial charge in [0.05, 0.1) is 6.20 Å². The maximum absolute atomic E-state index is 12.9. The lowest BCUT2D eigenvalue weighted by Crippen LogP contribution is -2.44. The first-order valence-corrected chi connectivity index (χ1v) is 10.0. The third-order valence-electron chi connectivity index (χ3n) is 6.15. The number of carbonyl (C=O) groups is 1. The zero-order chi connectivity index (χ0) is 18.9. The Kier molecular flexibility index (Phi) is 4.53. The molecule has 3 fully saturated rings. The average molecular weight is 372 g/mol. The van der Waals surface area contributed by atoms with Crippen LogP contribution in [-0.2, 0) is 6.54 Å². The van der Waals surface area contributed by atoms with E-state index in [0.29, 0.717) is 17.7 Å². The summed E-state index contributed by atoms with van der Waals surface area (Å²) >= 11 is 0. The van der Waals surface area contributed by atoms with Crippen LogP contribution in [0.5, 0.6) is 0 Å². The van der Waals surface area contributed by atoms with E-state index in [4.69, 9.17) is 0 Å². The number of aromatic nitrogens is 2. The first-order chi connectivity index (χ1) is 13.8. The maximum Gasteiger partial charge on any atom is 0.274 e. The summed E-state index contributed by atoms with van der Waals surface area (Å²) < 4.78 is 0. The van der Waals surface area contributed by atoms with Crippen LogP contribution in [0, 0.1) is 5.92 Å². The minimum Gasteiger partial charge on any atom is -0.335 e. The minimum absolute atomic E-state index is 0.0111. The van der Waals surface area contributed by atoms with Gasteiger partial charge in [-0.15, -0.1) is 0 Å². The quantitative estimate of drug-likeness (QED) is 0.707. The number of rotatable bonds is 3. The molecule has 5 heteroatoms. The Morgan fingerprint density at radius 3 is 2.79 bits per heavy atom. The van der Waals surface area contributed by atoms with Crippen molar-refractivity contribution in [1.29, 1.82) is 0 Å². The number of amides is 1. The molecule has 3 aromatic rings. The minimum atomic E-state index is 0.0111. The predicted molar refractivity (Wildman–Crippen MR) is 109 cm³/mol. The second-order valence-corrected chi connectivity index (χ2v) is 7.97. The molecule has 0 saturated carbocycles. The molecule has 28 heavy (non-hydrogen) atoms. The number of benzene rings is 2. The predicted octanol–water partition coefficient (Wildman–Crippen LogP) is 3.37. The fraction of sp³-hybridized carbons (Fsp3) is 0.348. The van der Waals surface area contributed by atoms with Gasteiger partial charge in [0.25, 0.3) is 5.91 Å². The summed E-state index contributed by atoms with van der Waals surface area (Å²) in [6.45, 7) is 3.59. The highest BCUT2D eigenvalue weighted by atomic mass is 16.2. The lowest BCUT2D eigenvalue weighted by molar-refractivity contribution is 0.0729. The van der Waals surface area contributed by atoms with Crippen molar-refractivity contribution in [1.82, 2.24) is 19.8 Å². The summed E-state index contributed by atoms with van der Waals surface area (Å²) in [4.78, 5) is 25.8. The number of nitrogens with zero attached hydrogens (tertiary/aromatic N) is 4. The molecule has 6 rings (SSSR count). The van der Waals surface area contributed by atoms with Crippen LogP contribution in [0.4, 0.5) is 0 Å². The molecule has 0 unspecified atom stereocenters. The van der Waals surface area contributed by atoms with Crippen molar-refractivity contribution < 1.29 is 4.79 Å². The fourth-order valence-corrected chi connectivity index (χ4v) is 4.76. The normalized spacial score (nSPS) is 22.4. The number of hydrogen-bond donors (Lipinski definition) is 0. The molecule has 0 spiro atoms. The van der Waals surface area contributed by atoms with Gasteiger partial charge >= 0.3 is 0 Å². The summed E-state index contributed by atoms with van der Waals surface area (Å²) in [5.74, 6) is 0.534. The molecule has 4 heterocycles. The first-order valence-electron chi connectivity index (χ1n) is 10.0. The van der Waals surface area contributed by atoms with Crippen LogP contribution in [0.25, 0.3) is 10.8 Å². The molecule has 0 N–H and O–H groups in total. The van der Waals surface area contributed by atoms with Gasteiger partial charge in [0, 0.05) is 44.6 Å². The molecule has 3 aliphatic heterocycles. The van der Waals surface area contributed by atoms with Crippen LogP contribution in [0.3, 0.4) is 0 Å². The third-order valence-corrected chi connectivity index (χ3v) is 6.15. The summed E-state index contributed by atoms with van der Waals surface area (Å²) in [5.41, 5.74) is 1.82. The van der Waals surface area contributed by atoms with Crippen LogP contribution in [0.2, 0.25) is 0 Å². The molecule has 2 bridgehead atoms. The zero-order valence-electron chi connectivity index (χ0n) is 15.9. The fourth-order valence-electron chi connectivity index (χ4n) is 4.76. The van der Waals surface area contributed by atoms with Crippen LogP contribution in [-0.4, -0.2) is 51.4 Å². The molecular weight excluding hydrogens is 348 g/mol. The van der Waals surface area contributed by atoms with Gasteiger partial charge in [-0.2, -0.15) is 0 Å². The van der Waals surface area contributed by atoms with Gasteiger partial charge in [-0.1, -0.05) is 42.5 Å². The van der Waals surface area contributed by atoms with Crippen molar-refractivity contribution in [3.63, 3.8) is 0 Å². The highest BCUT2D eigenvalue weighted by molar-refractivity contribution is 5.92. The largest absolute Gasteiger partial charge is 0.335 e. The van der Waals surface area contributed by atoms with E-state index in [1.54, 1.807) is 18.6 Å². The smallest absolute Gasteiger partial charge is 0.274 e. The van der Waals surface area contributed by atoms with Crippen molar-refractivity contribution in [3.05, 3.63) is 72.3 Å². The van der Waals surface area contributed by atoms with E-state index in [1.807, 2.05) is 4.90 Å². The SMILES string of the molecule is O=C(c1cnccn1)N1C[C@@H]2CC[C@H](C1)N(Cc1cccc3ccccc13)C2. The second-order valence-electron chi connectivity index (χ2n) is 7.97. The number of fused-ring (bicyclic) bond motifs is 5.